The van der Waals surface area contributed by atoms with Gasteiger partial charge in [-0.1, -0.05) is 61.3 Å². The lowest BCUT2D eigenvalue weighted by atomic mass is 9.96. The van der Waals surface area contributed by atoms with Crippen molar-refractivity contribution in [1.82, 2.24) is 58.3 Å². The van der Waals surface area contributed by atoms with Gasteiger partial charge < -0.3 is 59.7 Å². The Kier molecular flexibility index (Phi) is 25.4. The van der Waals surface area contributed by atoms with Crippen LogP contribution in [0.3, 0.4) is 0 Å². The number of nitrogens with one attached hydrogen (secondary N) is 1. The van der Waals surface area contributed by atoms with Gasteiger partial charge in [0.25, 0.3) is 0 Å². The van der Waals surface area contributed by atoms with Crippen molar-refractivity contribution < 1.29 is 87.1 Å². The highest BCUT2D eigenvalue weighted by atomic mass is 19.2. The number of amides is 3. The van der Waals surface area contributed by atoms with Crippen molar-refractivity contribution in [3.63, 3.8) is 0 Å². The lowest BCUT2D eigenvalue weighted by molar-refractivity contribution is -0.128. The second-order valence-electron chi connectivity index (χ2n) is 35.7. The molecule has 0 bridgehead atoms. The smallest absolute Gasteiger partial charge is 0.354 e. The van der Waals surface area contributed by atoms with E-state index in [9.17, 15) is 57.3 Å². The number of phenols is 3. The first-order valence-electron chi connectivity index (χ1n) is 44.0. The van der Waals surface area contributed by atoms with Crippen LogP contribution in [0.5, 0.6) is 23.0 Å². The van der Waals surface area contributed by atoms with Gasteiger partial charge in [-0.05, 0) is 149 Å². The molecule has 4 N–H and O–H groups in total. The zero-order valence-corrected chi connectivity index (χ0v) is 76.4. The summed E-state index contributed by atoms with van der Waals surface area (Å²) in [5, 5.41) is 34.4. The number of benzene rings is 6. The Balaban J connectivity index is 0.000000149. The third kappa shape index (κ3) is 15.7. The highest BCUT2D eigenvalue weighted by Gasteiger charge is 2.47. The second kappa shape index (κ2) is 36.4. The minimum Gasteiger partial charge on any atom is -0.507 e. The summed E-state index contributed by atoms with van der Waals surface area (Å²) in [5.41, 5.74) is -7.64. The first-order chi connectivity index (χ1) is 65.0. The number of hydrogen-bond acceptors (Lipinski definition) is 21. The van der Waals surface area contributed by atoms with E-state index in [0.29, 0.717) is 52.0 Å². The number of nitrogens with zero attached hydrogens (tertiary/aromatic N) is 16. The van der Waals surface area contributed by atoms with Crippen molar-refractivity contribution in [1.29, 1.82) is 0 Å². The molecule has 137 heavy (non-hydrogen) atoms. The van der Waals surface area contributed by atoms with E-state index >= 15 is 39.5 Å². The first-order valence-corrected chi connectivity index (χ1v) is 44.0. The van der Waals surface area contributed by atoms with E-state index in [1.54, 1.807) is 94.6 Å². The van der Waals surface area contributed by atoms with Gasteiger partial charge in [-0.25, -0.2) is 67.1 Å². The maximum absolute atomic E-state index is 17.3. The quantitative estimate of drug-likeness (QED) is 0.0652. The molecule has 6 aliphatic rings. The molecule has 6 aliphatic heterocycles. The Morgan fingerprint density at radius 1 is 0.416 bits per heavy atom. The van der Waals surface area contributed by atoms with Gasteiger partial charge in [-0.2, -0.15) is 15.0 Å². The van der Waals surface area contributed by atoms with Crippen LogP contribution in [0.2, 0.25) is 0 Å². The van der Waals surface area contributed by atoms with E-state index in [1.165, 1.54) is 36.4 Å². The topological polar surface area (TPSA) is 299 Å². The van der Waals surface area contributed by atoms with Crippen LogP contribution < -0.4 is 46.7 Å². The Labute approximate surface area is 775 Å². The number of piperazine rings is 3. The number of likely N-dealkylation sites (N-methyl/N-ethyl adjacent to an activating group) is 1. The number of phenolic OH excluding ortho intramolecular Hbond substituents is 3. The molecule has 0 spiro atoms. The molecule has 0 aliphatic carbocycles. The summed E-state index contributed by atoms with van der Waals surface area (Å²) in [6.07, 6.45) is 8.44. The molecule has 6 unspecified atom stereocenters. The van der Waals surface area contributed by atoms with Gasteiger partial charge >= 0.3 is 17.1 Å². The summed E-state index contributed by atoms with van der Waals surface area (Å²) < 4.78 is 200. The molecular weight excluding hydrogens is 1800 g/mol. The van der Waals surface area contributed by atoms with Crippen LogP contribution in [0, 0.1) is 90.6 Å². The predicted octanol–water partition coefficient (Wildman–Crippen LogP) is 15.9. The average molecular weight is 1900 g/mol. The SMILES string of the molecule is C=CC(=O)N1CC(C)N2c3nc(=O)n(-c4c(C)ccnc4C(C)C)c4c(F)c(-c5c(O)ccc(F)c5F)c(F)c(c34)N(C)CC2C1.C=CC(=O)N1CC(C)N2c3nc(=O)n(-c4c(C)ccnc4C(C)C)c4c(F)c(-c5c(O)ccc(F)c5F)c(F)c(c34)NCC2C1.C=CC(=O)N1CC(C)N2c3nc(=O)n(-c4c(C)ccnc4C(C)C)c4c(F)c(-c5c(O)ccc(F)c5F)c(F)c(c34)OCCC2C1. The van der Waals surface area contributed by atoms with Gasteiger partial charge in [0.15, 0.2) is 75.6 Å². The summed E-state index contributed by atoms with van der Waals surface area (Å²) in [5.74, 6) is -22.6. The maximum atomic E-state index is 17.3. The second-order valence-corrected chi connectivity index (χ2v) is 35.7. The fraction of sp³-hybridized carbons (Fsp3) is 0.327. The number of carbonyl (C=O) groups excluding carboxylic acids is 3. The van der Waals surface area contributed by atoms with E-state index in [1.807, 2.05) is 48.5 Å². The molecule has 6 aromatic heterocycles. The van der Waals surface area contributed by atoms with Crippen LogP contribution in [0.4, 0.5) is 81.5 Å². The molecule has 3 saturated heterocycles. The van der Waals surface area contributed by atoms with Gasteiger partial charge in [0.1, 0.15) is 51.3 Å². The Hall–Kier alpha value is -14.8. The number of fused-ring (bicyclic) bond motifs is 6. The Morgan fingerprint density at radius 3 is 1.15 bits per heavy atom. The summed E-state index contributed by atoms with van der Waals surface area (Å²) in [4.78, 5) is 118. The van der Waals surface area contributed by atoms with Gasteiger partial charge in [-0.15, -0.1) is 0 Å². The van der Waals surface area contributed by atoms with Gasteiger partial charge in [-0.3, -0.25) is 43.0 Å². The number of aromatic nitrogens is 9. The molecule has 714 valence electrons. The van der Waals surface area contributed by atoms with Crippen LogP contribution >= 0.6 is 0 Å². The summed E-state index contributed by atoms with van der Waals surface area (Å²) in [7, 11) is 1.54. The highest BCUT2D eigenvalue weighted by molar-refractivity contribution is 6.08. The van der Waals surface area contributed by atoms with E-state index in [-0.39, 0.29) is 163 Å². The van der Waals surface area contributed by atoms with Crippen molar-refractivity contribution in [2.75, 3.05) is 90.9 Å². The molecule has 39 heteroatoms. The van der Waals surface area contributed by atoms with E-state index in [2.05, 4.69) is 55.0 Å². The standard InChI is InChI=1S/C33H32F4N6O3.C33H31F4N5O4.C32H30F4N6O3/c1-7-21(45)41-12-17(5)42-18(14-41)13-40(6)30-24-31(27(37)23(26(30)36)22-20(44)9-8-19(34)25(22)35)43(33(46)39-32(24)42)29-16(4)10-11-38-28(29)15(2)3;1-6-21(44)40-13-17(5)41-18(14-40)10-12-46-31-24-30(26(36)23(27(31)37)22-20(43)8-7-19(34)25(22)35)42(33(45)39-32(24)41)29-16(4)9-11-38-28(29)15(2)3;1-6-20(44)40-12-16(5)41-17(13-40)11-38-28-23-30(26(36)22(25(28)35)21-19(43)8-7-18(33)24(21)34)42(32(45)39-31(23)41)29-15(4)9-10-37-27(29)14(2)3/h7-11,15,17-18,44H,1,12-14H2,2-6H3;6-9,11,15,17-18,43H,1,10,12-14H2,2-5H3;6-10,14,16-17,38,43H,1,11-13H2,2-5H3. The predicted molar refractivity (Wildman–Crippen MR) is 492 cm³/mol. The first kappa shape index (κ1) is 95.3. The van der Waals surface area contributed by atoms with Gasteiger partial charge in [0.2, 0.25) is 17.7 Å². The van der Waals surface area contributed by atoms with Crippen molar-refractivity contribution in [3.05, 3.63) is 246 Å². The molecule has 27 nitrogen and oxygen atoms in total. The number of ether oxygens (including phenoxy) is 1. The van der Waals surface area contributed by atoms with Gasteiger partial charge in [0.05, 0.1) is 120 Å². The fourth-order valence-corrected chi connectivity index (χ4v) is 19.9. The molecule has 3 amide bonds. The molecule has 12 aromatic rings. The summed E-state index contributed by atoms with van der Waals surface area (Å²) in [6, 6.07) is 6.25. The van der Waals surface area contributed by atoms with Crippen molar-refractivity contribution in [3.8, 4) is 73.4 Å². The van der Waals surface area contributed by atoms with Crippen LogP contribution in [0.1, 0.15) is 120 Å². The lowest BCUT2D eigenvalue weighted by Gasteiger charge is -2.47. The minimum atomic E-state index is -1.68. The van der Waals surface area contributed by atoms with Crippen LogP contribution in [0.25, 0.3) is 83.2 Å². The summed E-state index contributed by atoms with van der Waals surface area (Å²) >= 11 is 0. The summed E-state index contributed by atoms with van der Waals surface area (Å²) in [6.45, 7) is 33.3. The molecule has 18 rings (SSSR count). The zero-order chi connectivity index (χ0) is 99.0. The molecule has 3 fully saturated rings. The molecule has 0 saturated carbocycles. The molecule has 6 atom stereocenters. The monoisotopic (exact) mass is 1900 g/mol. The molecular formula is C98H93F12N17O10. The third-order valence-electron chi connectivity index (χ3n) is 25.9. The number of carbonyl (C=O) groups is 3. The molecule has 12 heterocycles. The highest BCUT2D eigenvalue weighted by Crippen LogP contribution is 2.53. The van der Waals surface area contributed by atoms with Crippen molar-refractivity contribution in [2.45, 2.75) is 144 Å². The number of pyridine rings is 3. The van der Waals surface area contributed by atoms with E-state index < -0.39 is 196 Å². The maximum Gasteiger partial charge on any atom is 0.354 e. The zero-order valence-electron chi connectivity index (χ0n) is 76.4. The number of halogens is 12. The van der Waals surface area contributed by atoms with E-state index in [0.717, 1.165) is 31.9 Å². The number of anilines is 5. The molecule has 6 aromatic carbocycles. The Morgan fingerprint density at radius 2 is 0.752 bits per heavy atom. The number of aryl methyl sites for hydroxylation is 3. The minimum absolute atomic E-state index is 0.00762. The van der Waals surface area contributed by atoms with Crippen LogP contribution in [-0.2, 0) is 14.4 Å². The number of hydrogen-bond donors (Lipinski definition) is 4. The largest absolute Gasteiger partial charge is 0.507 e. The van der Waals surface area contributed by atoms with E-state index in [4.69, 9.17) is 4.74 Å². The normalized spacial score (nSPS) is 17.8. The number of rotatable bonds is 12. The Bertz CT molecular complexity index is 7320. The fourth-order valence-electron chi connectivity index (χ4n) is 19.9. The van der Waals surface area contributed by atoms with Crippen molar-refractivity contribution in [2.24, 2.45) is 0 Å². The molecule has 0 radical (unpaired) electrons. The van der Waals surface area contributed by atoms with Crippen LogP contribution in [0.15, 0.2) is 126 Å². The number of aromatic hydroxyl groups is 3. The van der Waals surface area contributed by atoms with Crippen LogP contribution in [-0.4, -0.2) is 194 Å². The lowest BCUT2D eigenvalue weighted by Crippen LogP contribution is -2.61. The third-order valence-corrected chi connectivity index (χ3v) is 25.9. The van der Waals surface area contributed by atoms with Crippen molar-refractivity contribution >= 4 is 79.3 Å². The van der Waals surface area contributed by atoms with Gasteiger partial charge in [0, 0.05) is 103 Å². The average Bonchev–Trinajstić information content (AvgIpc) is 1.13.